The summed E-state index contributed by atoms with van der Waals surface area (Å²) in [5.74, 6) is 0.103. The van der Waals surface area contributed by atoms with Crippen LogP contribution in [0.1, 0.15) is 24.3 Å². The summed E-state index contributed by atoms with van der Waals surface area (Å²) in [5.41, 5.74) is -0.793. The van der Waals surface area contributed by atoms with Crippen molar-refractivity contribution in [2.45, 2.75) is 32.4 Å². The van der Waals surface area contributed by atoms with Crippen LogP contribution in [0.15, 0.2) is 46.8 Å². The van der Waals surface area contributed by atoms with Crippen molar-refractivity contribution >= 4 is 41.3 Å². The summed E-state index contributed by atoms with van der Waals surface area (Å²) in [7, 11) is 0. The van der Waals surface area contributed by atoms with E-state index in [0.29, 0.717) is 18.1 Å². The molecule has 0 bridgehead atoms. The molecule has 0 aliphatic rings. The number of hydrogen-bond acceptors (Lipinski definition) is 4. The predicted octanol–water partition coefficient (Wildman–Crippen LogP) is 4.23. The van der Waals surface area contributed by atoms with E-state index in [9.17, 15) is 18.3 Å². The minimum Gasteiger partial charge on any atom is -0.405 e. The molecular weight excluding hydrogens is 506 g/mol. The number of hydrogen-bond donors (Lipinski definition) is 3. The fourth-order valence-electron chi connectivity index (χ4n) is 2.29. The van der Waals surface area contributed by atoms with Gasteiger partial charge in [-0.25, -0.2) is 4.99 Å². The molecule has 0 radical (unpaired) electrons. The Balaban J connectivity index is 0.00000392. The Morgan fingerprint density at radius 3 is 2.50 bits per heavy atom. The maximum Gasteiger partial charge on any atom is 0.573 e. The molecule has 0 saturated carbocycles. The van der Waals surface area contributed by atoms with Crippen LogP contribution in [-0.2, 0) is 12.1 Å². The first kappa shape index (κ1) is 24.5. The molecule has 1 heterocycles. The molecule has 0 aliphatic heterocycles. The van der Waals surface area contributed by atoms with Gasteiger partial charge in [0, 0.05) is 17.0 Å². The fourth-order valence-corrected chi connectivity index (χ4v) is 3.08. The van der Waals surface area contributed by atoms with E-state index in [2.05, 4.69) is 20.4 Å². The van der Waals surface area contributed by atoms with Gasteiger partial charge in [0.05, 0.1) is 13.1 Å². The second-order valence-corrected chi connectivity index (χ2v) is 6.90. The molecule has 0 saturated heterocycles. The van der Waals surface area contributed by atoms with Gasteiger partial charge in [-0.1, -0.05) is 24.3 Å². The summed E-state index contributed by atoms with van der Waals surface area (Å²) in [6.07, 6.45) is -4.76. The monoisotopic (exact) mass is 529 g/mol. The van der Waals surface area contributed by atoms with Crippen LogP contribution in [0, 0.1) is 0 Å². The zero-order chi connectivity index (χ0) is 19.9. The molecule has 1 unspecified atom stereocenters. The Hall–Kier alpha value is -1.53. The number of alkyl halides is 3. The highest BCUT2D eigenvalue weighted by molar-refractivity contribution is 14.0. The number of benzene rings is 1. The van der Waals surface area contributed by atoms with Gasteiger partial charge in [0.25, 0.3) is 0 Å². The normalized spacial score (nSPS) is 14.0. The molecule has 28 heavy (non-hydrogen) atoms. The molecule has 1 aromatic heterocycles. The summed E-state index contributed by atoms with van der Waals surface area (Å²) in [6, 6.07) is 9.55. The highest BCUT2D eigenvalue weighted by Gasteiger charge is 2.32. The number of guanidine groups is 1. The van der Waals surface area contributed by atoms with E-state index in [4.69, 9.17) is 0 Å². The summed E-state index contributed by atoms with van der Waals surface area (Å²) in [6.45, 7) is 4.30. The molecule has 156 valence electrons. The van der Waals surface area contributed by atoms with Crippen LogP contribution >= 0.6 is 35.3 Å². The Morgan fingerprint density at radius 1 is 1.18 bits per heavy atom. The number of rotatable bonds is 7. The van der Waals surface area contributed by atoms with E-state index in [1.54, 1.807) is 13.0 Å². The first-order chi connectivity index (χ1) is 12.7. The zero-order valence-corrected chi connectivity index (χ0v) is 18.6. The van der Waals surface area contributed by atoms with Gasteiger partial charge in [0.1, 0.15) is 11.4 Å². The standard InChI is InChI=1S/C18H22F3N3O2S.HI/c1-3-22-16(24-12-17(2,25)15-9-6-10-27-15)23-11-13-7-4-5-8-14(13)26-18(19,20)21;/h4-10,25H,3,11-12H2,1-2H3,(H2,22,23,24);1H. The third-order valence-corrected chi connectivity index (χ3v) is 4.73. The van der Waals surface area contributed by atoms with Crippen molar-refractivity contribution in [3.05, 3.63) is 52.2 Å². The van der Waals surface area contributed by atoms with Gasteiger partial charge in [0.15, 0.2) is 5.96 Å². The highest BCUT2D eigenvalue weighted by atomic mass is 127. The van der Waals surface area contributed by atoms with Crippen LogP contribution in [0.2, 0.25) is 0 Å². The minimum absolute atomic E-state index is 0. The van der Waals surface area contributed by atoms with Crippen LogP contribution in [0.4, 0.5) is 13.2 Å². The first-order valence-electron chi connectivity index (χ1n) is 8.33. The van der Waals surface area contributed by atoms with Gasteiger partial charge in [-0.2, -0.15) is 0 Å². The third kappa shape index (κ3) is 7.84. The lowest BCUT2D eigenvalue weighted by Crippen LogP contribution is -2.44. The van der Waals surface area contributed by atoms with Crippen molar-refractivity contribution in [3.8, 4) is 5.75 Å². The van der Waals surface area contributed by atoms with Gasteiger partial charge >= 0.3 is 6.36 Å². The Labute approximate surface area is 183 Å². The van der Waals surface area contributed by atoms with E-state index >= 15 is 0 Å². The van der Waals surface area contributed by atoms with Gasteiger partial charge in [-0.3, -0.25) is 0 Å². The average Bonchev–Trinajstić information content (AvgIpc) is 3.13. The highest BCUT2D eigenvalue weighted by Crippen LogP contribution is 2.27. The van der Waals surface area contributed by atoms with Crippen LogP contribution in [-0.4, -0.2) is 30.5 Å². The molecular formula is C18H23F3IN3O2S. The van der Waals surface area contributed by atoms with Crippen molar-refractivity contribution in [2.75, 3.05) is 13.1 Å². The largest absolute Gasteiger partial charge is 0.573 e. The number of halogens is 4. The van der Waals surface area contributed by atoms with Crippen molar-refractivity contribution in [1.82, 2.24) is 10.6 Å². The van der Waals surface area contributed by atoms with Crippen molar-refractivity contribution < 1.29 is 23.0 Å². The second-order valence-electron chi connectivity index (χ2n) is 5.96. The van der Waals surface area contributed by atoms with E-state index in [1.165, 1.54) is 29.5 Å². The van der Waals surface area contributed by atoms with Crippen molar-refractivity contribution in [2.24, 2.45) is 4.99 Å². The van der Waals surface area contributed by atoms with Crippen LogP contribution in [0.25, 0.3) is 0 Å². The van der Waals surface area contributed by atoms with E-state index in [-0.39, 0.29) is 42.8 Å². The summed E-state index contributed by atoms with van der Waals surface area (Å²) < 4.78 is 41.6. The summed E-state index contributed by atoms with van der Waals surface area (Å²) in [5, 5.41) is 18.5. The molecule has 3 N–H and O–H groups in total. The number of nitrogens with zero attached hydrogens (tertiary/aromatic N) is 1. The number of aliphatic imine (C=N–C) groups is 1. The number of thiophene rings is 1. The van der Waals surface area contributed by atoms with Gasteiger partial charge in [-0.05, 0) is 31.4 Å². The number of ether oxygens (including phenoxy) is 1. The molecule has 0 fully saturated rings. The molecule has 0 spiro atoms. The number of para-hydroxylation sites is 1. The molecule has 10 heteroatoms. The molecule has 1 atom stereocenters. The zero-order valence-electron chi connectivity index (χ0n) is 15.4. The smallest absolute Gasteiger partial charge is 0.405 e. The topological polar surface area (TPSA) is 65.9 Å². The third-order valence-electron chi connectivity index (χ3n) is 3.60. The average molecular weight is 529 g/mol. The SMILES string of the molecule is CCNC(=NCc1ccccc1OC(F)(F)F)NCC(C)(O)c1cccs1.I. The lowest BCUT2D eigenvalue weighted by atomic mass is 10.1. The van der Waals surface area contributed by atoms with Gasteiger partial charge < -0.3 is 20.5 Å². The molecule has 2 rings (SSSR count). The second kappa shape index (κ2) is 10.9. The fraction of sp³-hybridized carbons (Fsp3) is 0.389. The molecule has 1 aromatic carbocycles. The summed E-state index contributed by atoms with van der Waals surface area (Å²) in [4.78, 5) is 5.10. The number of nitrogens with one attached hydrogen (secondary N) is 2. The van der Waals surface area contributed by atoms with E-state index < -0.39 is 12.0 Å². The lowest BCUT2D eigenvalue weighted by molar-refractivity contribution is -0.274. The van der Waals surface area contributed by atoms with Gasteiger partial charge in [-0.15, -0.1) is 48.5 Å². The van der Waals surface area contributed by atoms with Crippen LogP contribution in [0.5, 0.6) is 5.75 Å². The van der Waals surface area contributed by atoms with Crippen molar-refractivity contribution in [1.29, 1.82) is 0 Å². The van der Waals surface area contributed by atoms with E-state index in [0.717, 1.165) is 4.88 Å². The maximum atomic E-state index is 12.5. The Kier molecular flexibility index (Phi) is 9.51. The Bertz CT molecular complexity index is 753. The quantitative estimate of drug-likeness (QED) is 0.286. The molecule has 0 aliphatic carbocycles. The van der Waals surface area contributed by atoms with Crippen LogP contribution < -0.4 is 15.4 Å². The summed E-state index contributed by atoms with van der Waals surface area (Å²) >= 11 is 1.44. The molecule has 0 amide bonds. The molecule has 2 aromatic rings. The van der Waals surface area contributed by atoms with Crippen molar-refractivity contribution in [3.63, 3.8) is 0 Å². The maximum absolute atomic E-state index is 12.5. The lowest BCUT2D eigenvalue weighted by Gasteiger charge is -2.23. The van der Waals surface area contributed by atoms with E-state index in [1.807, 2.05) is 24.4 Å². The van der Waals surface area contributed by atoms with Gasteiger partial charge in [0.2, 0.25) is 0 Å². The predicted molar refractivity (Wildman–Crippen MR) is 115 cm³/mol. The molecule has 5 nitrogen and oxygen atoms in total. The first-order valence-corrected chi connectivity index (χ1v) is 9.21. The van der Waals surface area contributed by atoms with Crippen LogP contribution in [0.3, 0.4) is 0 Å². The number of aliphatic hydroxyl groups is 1. The minimum atomic E-state index is -4.76. The Morgan fingerprint density at radius 2 is 1.89 bits per heavy atom.